The minimum atomic E-state index is -0.477. The summed E-state index contributed by atoms with van der Waals surface area (Å²) in [5, 5.41) is 0.984. The number of benzene rings is 1. The maximum absolute atomic E-state index is 13.5. The van der Waals surface area contributed by atoms with Crippen molar-refractivity contribution < 1.29 is 4.79 Å². The third-order valence-corrected chi connectivity index (χ3v) is 6.16. The molecule has 0 N–H and O–H groups in total. The van der Waals surface area contributed by atoms with Gasteiger partial charge in [-0.2, -0.15) is 0 Å². The second-order valence-electron chi connectivity index (χ2n) is 7.32. The van der Waals surface area contributed by atoms with E-state index >= 15 is 0 Å². The van der Waals surface area contributed by atoms with Crippen molar-refractivity contribution >= 4 is 50.7 Å². The zero-order valence-corrected chi connectivity index (χ0v) is 19.1. The summed E-state index contributed by atoms with van der Waals surface area (Å²) < 4.78 is 4.28. The van der Waals surface area contributed by atoms with Gasteiger partial charge in [0.2, 0.25) is 0 Å². The van der Waals surface area contributed by atoms with Gasteiger partial charge in [0.15, 0.2) is 0 Å². The molecular formula is C21H18BrCl2N3O2. The van der Waals surface area contributed by atoms with Gasteiger partial charge in [-0.05, 0) is 59.6 Å². The maximum atomic E-state index is 13.5. The van der Waals surface area contributed by atoms with Gasteiger partial charge in [-0.25, -0.2) is 0 Å². The Hall–Kier alpha value is -2.02. The predicted molar refractivity (Wildman–Crippen MR) is 119 cm³/mol. The van der Waals surface area contributed by atoms with Crippen LogP contribution in [0.4, 0.5) is 5.69 Å². The quantitative estimate of drug-likeness (QED) is 0.476. The Morgan fingerprint density at radius 3 is 2.31 bits per heavy atom. The molecule has 3 aromatic rings. The average molecular weight is 495 g/mol. The van der Waals surface area contributed by atoms with E-state index in [4.69, 9.17) is 23.2 Å². The van der Waals surface area contributed by atoms with E-state index in [0.717, 1.165) is 15.9 Å². The summed E-state index contributed by atoms with van der Waals surface area (Å²) in [6.45, 7) is 4.10. The zero-order chi connectivity index (χ0) is 21.0. The molecule has 0 bridgehead atoms. The minimum absolute atomic E-state index is 0.109. The fourth-order valence-corrected chi connectivity index (χ4v) is 5.08. The largest absolute Gasteiger partial charge is 0.334 e. The van der Waals surface area contributed by atoms with Gasteiger partial charge in [-0.15, -0.1) is 0 Å². The summed E-state index contributed by atoms with van der Waals surface area (Å²) in [6, 6.07) is 10.3. The molecule has 1 aromatic carbocycles. The molecule has 0 saturated carbocycles. The smallest absolute Gasteiger partial charge is 0.274 e. The molecule has 3 heterocycles. The van der Waals surface area contributed by atoms with Gasteiger partial charge in [-0.3, -0.25) is 14.5 Å². The lowest BCUT2D eigenvalue weighted by Crippen LogP contribution is -2.35. The molecule has 1 aliphatic rings. The molecule has 0 spiro atoms. The summed E-state index contributed by atoms with van der Waals surface area (Å²) in [4.78, 5) is 27.9. The molecule has 0 saturated heterocycles. The van der Waals surface area contributed by atoms with Crippen molar-refractivity contribution in [2.75, 3.05) is 4.90 Å². The van der Waals surface area contributed by atoms with E-state index in [1.54, 1.807) is 25.2 Å². The number of rotatable bonds is 3. The van der Waals surface area contributed by atoms with Gasteiger partial charge in [0, 0.05) is 24.3 Å². The monoisotopic (exact) mass is 493 g/mol. The number of nitrogens with zero attached hydrogens (tertiary/aromatic N) is 3. The molecule has 8 heteroatoms. The first kappa shape index (κ1) is 20.3. The molecule has 1 atom stereocenters. The molecule has 1 amide bonds. The van der Waals surface area contributed by atoms with Crippen molar-refractivity contribution in [2.45, 2.75) is 25.9 Å². The molecule has 2 aromatic heterocycles. The molecule has 0 fully saturated rings. The van der Waals surface area contributed by atoms with E-state index in [0.29, 0.717) is 15.6 Å². The van der Waals surface area contributed by atoms with Gasteiger partial charge in [0.05, 0.1) is 20.9 Å². The van der Waals surface area contributed by atoms with Crippen LogP contribution >= 0.6 is 39.1 Å². The van der Waals surface area contributed by atoms with Crippen molar-refractivity contribution in [3.05, 3.63) is 84.4 Å². The van der Waals surface area contributed by atoms with Gasteiger partial charge < -0.3 is 9.13 Å². The third kappa shape index (κ3) is 3.23. The van der Waals surface area contributed by atoms with E-state index in [1.165, 1.54) is 15.7 Å². The van der Waals surface area contributed by atoms with Crippen LogP contribution in [0.5, 0.6) is 0 Å². The normalized spacial score (nSPS) is 16.0. The van der Waals surface area contributed by atoms with Crippen LogP contribution in [0.25, 0.3) is 0 Å². The van der Waals surface area contributed by atoms with Crippen molar-refractivity contribution in [3.8, 4) is 0 Å². The van der Waals surface area contributed by atoms with Crippen molar-refractivity contribution in [1.82, 2.24) is 9.13 Å². The summed E-state index contributed by atoms with van der Waals surface area (Å²) in [7, 11) is 1.62. The summed E-state index contributed by atoms with van der Waals surface area (Å²) in [5.74, 6) is -0.237. The lowest BCUT2D eigenvalue weighted by atomic mass is 10.0. The lowest BCUT2D eigenvalue weighted by molar-refractivity contribution is 0.0993. The maximum Gasteiger partial charge on any atom is 0.274 e. The highest BCUT2D eigenvalue weighted by molar-refractivity contribution is 9.10. The number of carbonyl (C=O) groups is 1. The molecule has 1 unspecified atom stereocenters. The molecule has 0 aliphatic carbocycles. The number of hydrogen-bond donors (Lipinski definition) is 0. The minimum Gasteiger partial charge on any atom is -0.334 e. The van der Waals surface area contributed by atoms with E-state index in [-0.39, 0.29) is 23.2 Å². The first-order valence-corrected chi connectivity index (χ1v) is 10.6. The fourth-order valence-electron chi connectivity index (χ4n) is 3.88. The Bertz CT molecular complexity index is 1180. The Balaban J connectivity index is 2.02. The van der Waals surface area contributed by atoms with Crippen LogP contribution in [0.1, 0.15) is 47.5 Å². The number of hydrogen-bond acceptors (Lipinski definition) is 2. The number of carbonyl (C=O) groups excluding carboxylic acids is 1. The van der Waals surface area contributed by atoms with Crippen LogP contribution in [0.2, 0.25) is 10.0 Å². The molecule has 1 aliphatic heterocycles. The van der Waals surface area contributed by atoms with Gasteiger partial charge >= 0.3 is 0 Å². The Labute approximate surface area is 186 Å². The SMILES string of the molecule is CC(C)n1c(Br)cc2c1C(c1ccc(Cl)cc1)N(c1cc(Cl)cn(C)c1=O)C2=O. The average Bonchev–Trinajstić information content (AvgIpc) is 3.12. The van der Waals surface area contributed by atoms with Crippen molar-refractivity contribution in [2.24, 2.45) is 7.05 Å². The van der Waals surface area contributed by atoms with Gasteiger partial charge in [0.25, 0.3) is 11.5 Å². The highest BCUT2D eigenvalue weighted by Crippen LogP contribution is 2.44. The molecule has 0 radical (unpaired) electrons. The second kappa shape index (κ2) is 7.35. The van der Waals surface area contributed by atoms with E-state index in [2.05, 4.69) is 34.3 Å². The molecule has 29 heavy (non-hydrogen) atoms. The van der Waals surface area contributed by atoms with Gasteiger partial charge in [0.1, 0.15) is 11.7 Å². The number of fused-ring (bicyclic) bond motifs is 1. The highest BCUT2D eigenvalue weighted by Gasteiger charge is 2.43. The topological polar surface area (TPSA) is 47.2 Å². The van der Waals surface area contributed by atoms with Crippen molar-refractivity contribution in [3.63, 3.8) is 0 Å². The van der Waals surface area contributed by atoms with Crippen LogP contribution in [0, 0.1) is 0 Å². The Morgan fingerprint density at radius 1 is 1.03 bits per heavy atom. The first-order chi connectivity index (χ1) is 13.7. The Kier molecular flexibility index (Phi) is 5.13. The van der Waals surface area contributed by atoms with Crippen molar-refractivity contribution in [1.29, 1.82) is 0 Å². The lowest BCUT2D eigenvalue weighted by Gasteiger charge is -2.28. The number of aromatic nitrogens is 2. The van der Waals surface area contributed by atoms with E-state index in [9.17, 15) is 9.59 Å². The second-order valence-corrected chi connectivity index (χ2v) is 9.00. The first-order valence-electron chi connectivity index (χ1n) is 9.06. The standard InChI is InChI=1S/C21H18BrCl2N3O2/c1-11(2)26-17(22)9-15-19(26)18(12-4-6-13(23)7-5-12)27(20(15)28)16-8-14(24)10-25(3)21(16)29/h4-11,18H,1-3H3. The van der Waals surface area contributed by atoms with Crippen LogP contribution in [-0.2, 0) is 7.05 Å². The molecule has 150 valence electrons. The summed E-state index contributed by atoms with van der Waals surface area (Å²) in [5.41, 5.74) is 2.21. The fraction of sp³-hybridized carbons (Fsp3) is 0.238. The number of aryl methyl sites for hydroxylation is 1. The molecule has 4 rings (SSSR count). The van der Waals surface area contributed by atoms with Crippen LogP contribution in [-0.4, -0.2) is 15.0 Å². The van der Waals surface area contributed by atoms with Crippen LogP contribution in [0.3, 0.4) is 0 Å². The highest BCUT2D eigenvalue weighted by atomic mass is 79.9. The number of anilines is 1. The van der Waals surface area contributed by atoms with Crippen LogP contribution < -0.4 is 10.5 Å². The Morgan fingerprint density at radius 2 is 1.69 bits per heavy atom. The number of halogens is 3. The predicted octanol–water partition coefficient (Wildman–Crippen LogP) is 5.59. The van der Waals surface area contributed by atoms with E-state index in [1.807, 2.05) is 18.2 Å². The van der Waals surface area contributed by atoms with E-state index < -0.39 is 6.04 Å². The number of pyridine rings is 1. The third-order valence-electron chi connectivity index (χ3n) is 5.09. The zero-order valence-electron chi connectivity index (χ0n) is 16.0. The molecule has 5 nitrogen and oxygen atoms in total. The molecular weight excluding hydrogens is 477 g/mol. The number of amides is 1. The summed E-state index contributed by atoms with van der Waals surface area (Å²) >= 11 is 15.9. The summed E-state index contributed by atoms with van der Waals surface area (Å²) in [6.07, 6.45) is 1.53. The van der Waals surface area contributed by atoms with Gasteiger partial charge in [-0.1, -0.05) is 35.3 Å². The van der Waals surface area contributed by atoms with Crippen LogP contribution in [0.15, 0.2) is 52.0 Å².